The van der Waals surface area contributed by atoms with Crippen molar-refractivity contribution in [1.29, 1.82) is 0 Å². The first kappa shape index (κ1) is 16.1. The summed E-state index contributed by atoms with van der Waals surface area (Å²) in [4.78, 5) is 16.7. The molecule has 1 N–H and O–H groups in total. The van der Waals surface area contributed by atoms with Gasteiger partial charge in [-0.05, 0) is 42.5 Å². The van der Waals surface area contributed by atoms with E-state index in [1.165, 1.54) is 16.8 Å². The number of pyridine rings is 1. The van der Waals surface area contributed by atoms with Crippen LogP contribution in [0.15, 0.2) is 42.7 Å². The topological polar surface area (TPSA) is 59.8 Å². The molecule has 1 saturated carbocycles. The fourth-order valence-electron chi connectivity index (χ4n) is 3.90. The Morgan fingerprint density at radius 3 is 2.96 bits per heavy atom. The van der Waals surface area contributed by atoms with Crippen LogP contribution in [0.25, 0.3) is 5.69 Å². The molecule has 7 heteroatoms. The summed E-state index contributed by atoms with van der Waals surface area (Å²) < 4.78 is 29.1. The fraction of sp³-hybridized carbons (Fsp3) is 0.250. The molecule has 27 heavy (non-hydrogen) atoms. The van der Waals surface area contributed by atoms with Crippen LogP contribution in [0.5, 0.6) is 0 Å². The minimum absolute atomic E-state index is 0.173. The summed E-state index contributed by atoms with van der Waals surface area (Å²) in [5, 5.41) is 7.26. The van der Waals surface area contributed by atoms with Crippen molar-refractivity contribution in [2.45, 2.75) is 25.3 Å². The third-order valence-electron chi connectivity index (χ3n) is 5.29. The van der Waals surface area contributed by atoms with Crippen molar-refractivity contribution in [1.82, 2.24) is 20.1 Å². The zero-order chi connectivity index (χ0) is 18.5. The van der Waals surface area contributed by atoms with Gasteiger partial charge < -0.3 is 5.32 Å². The molecule has 0 saturated heterocycles. The molecule has 0 unspecified atom stereocenters. The van der Waals surface area contributed by atoms with Gasteiger partial charge in [0, 0.05) is 36.5 Å². The Labute approximate surface area is 154 Å². The predicted octanol–water partition coefficient (Wildman–Crippen LogP) is 3.14. The Morgan fingerprint density at radius 1 is 1.30 bits per heavy atom. The Morgan fingerprint density at radius 2 is 2.19 bits per heavy atom. The van der Waals surface area contributed by atoms with Crippen LogP contribution in [0.2, 0.25) is 0 Å². The lowest BCUT2D eigenvalue weighted by atomic mass is 10.1. The monoisotopic (exact) mass is 366 g/mol. The van der Waals surface area contributed by atoms with E-state index in [-0.39, 0.29) is 11.6 Å². The van der Waals surface area contributed by atoms with Gasteiger partial charge in [-0.3, -0.25) is 9.78 Å². The highest BCUT2D eigenvalue weighted by Crippen LogP contribution is 2.57. The number of rotatable bonds is 4. The van der Waals surface area contributed by atoms with Crippen LogP contribution >= 0.6 is 0 Å². The third-order valence-corrected chi connectivity index (χ3v) is 5.29. The van der Waals surface area contributed by atoms with Crippen LogP contribution in [0, 0.1) is 17.6 Å². The molecule has 0 bridgehead atoms. The lowest BCUT2D eigenvalue weighted by Gasteiger charge is -2.07. The second kappa shape index (κ2) is 5.97. The molecule has 1 fully saturated rings. The molecule has 3 aromatic rings. The molecule has 0 spiro atoms. The molecule has 0 aliphatic heterocycles. The van der Waals surface area contributed by atoms with E-state index >= 15 is 0 Å². The second-order valence-corrected chi connectivity index (χ2v) is 7.07. The van der Waals surface area contributed by atoms with Crippen LogP contribution in [0.1, 0.15) is 39.6 Å². The Hall–Kier alpha value is -3.09. The summed E-state index contributed by atoms with van der Waals surface area (Å²) in [6, 6.07) is 7.09. The molecule has 136 valence electrons. The molecule has 5 nitrogen and oxygen atoms in total. The lowest BCUT2D eigenvalue weighted by molar-refractivity contribution is 0.0944. The average Bonchev–Trinajstić information content (AvgIpc) is 3.17. The maximum atomic E-state index is 14.3. The van der Waals surface area contributed by atoms with Gasteiger partial charge in [0.25, 0.3) is 5.91 Å². The van der Waals surface area contributed by atoms with Crippen molar-refractivity contribution in [2.24, 2.45) is 5.92 Å². The summed E-state index contributed by atoms with van der Waals surface area (Å²) in [6.45, 7) is 0.339. The number of carbonyl (C=O) groups is 1. The predicted molar refractivity (Wildman–Crippen MR) is 93.4 cm³/mol. The Balaban J connectivity index is 1.49. The molecule has 2 aromatic heterocycles. The van der Waals surface area contributed by atoms with Crippen molar-refractivity contribution in [3.05, 3.63) is 76.9 Å². The maximum Gasteiger partial charge on any atom is 0.272 e. The minimum Gasteiger partial charge on any atom is -0.346 e. The van der Waals surface area contributed by atoms with E-state index in [2.05, 4.69) is 15.4 Å². The average molecular weight is 366 g/mol. The van der Waals surface area contributed by atoms with Crippen LogP contribution in [-0.4, -0.2) is 20.7 Å². The summed E-state index contributed by atoms with van der Waals surface area (Å²) in [5.41, 5.74) is 3.14. The quantitative estimate of drug-likeness (QED) is 0.772. The minimum atomic E-state index is -0.688. The number of aromatic nitrogens is 3. The van der Waals surface area contributed by atoms with Crippen molar-refractivity contribution in [2.75, 3.05) is 0 Å². The number of nitrogens with zero attached hydrogens (tertiary/aromatic N) is 3. The summed E-state index contributed by atoms with van der Waals surface area (Å²) in [6.07, 6.45) is 5.16. The van der Waals surface area contributed by atoms with E-state index < -0.39 is 11.6 Å². The summed E-state index contributed by atoms with van der Waals surface area (Å²) >= 11 is 0. The van der Waals surface area contributed by atoms with Crippen LogP contribution in [0.3, 0.4) is 0 Å². The van der Waals surface area contributed by atoms with Crippen molar-refractivity contribution >= 4 is 5.91 Å². The lowest BCUT2D eigenvalue weighted by Crippen LogP contribution is -2.24. The number of fused-ring (bicyclic) bond motifs is 3. The van der Waals surface area contributed by atoms with E-state index in [9.17, 15) is 13.6 Å². The molecule has 1 aromatic carbocycles. The first-order valence-corrected chi connectivity index (χ1v) is 8.86. The largest absolute Gasteiger partial charge is 0.346 e. The molecule has 2 heterocycles. The zero-order valence-corrected chi connectivity index (χ0v) is 14.3. The van der Waals surface area contributed by atoms with Gasteiger partial charge >= 0.3 is 0 Å². The van der Waals surface area contributed by atoms with Crippen molar-refractivity contribution < 1.29 is 13.6 Å². The van der Waals surface area contributed by atoms with E-state index in [1.807, 2.05) is 6.07 Å². The first-order chi connectivity index (χ1) is 13.1. The standard InChI is InChI=1S/C20H16F2N4O/c21-13-3-4-17(16(22)8-13)26-19-14-6-12(14)7-15(19)18(25-26)20(27)24-10-11-2-1-5-23-9-11/h1-5,8-9,12,14H,6-7,10H2,(H,24,27)/t12-,14-/m1/s1. The number of benzene rings is 1. The van der Waals surface area contributed by atoms with E-state index in [1.54, 1.807) is 18.5 Å². The Kier molecular flexibility index (Phi) is 3.56. The second-order valence-electron chi connectivity index (χ2n) is 7.07. The van der Waals surface area contributed by atoms with E-state index in [4.69, 9.17) is 0 Å². The van der Waals surface area contributed by atoms with Crippen molar-refractivity contribution in [3.63, 3.8) is 0 Å². The smallest absolute Gasteiger partial charge is 0.272 e. The zero-order valence-electron chi connectivity index (χ0n) is 14.3. The third kappa shape index (κ3) is 2.70. The normalized spacial score (nSPS) is 19.5. The molecule has 2 aliphatic rings. The first-order valence-electron chi connectivity index (χ1n) is 8.86. The van der Waals surface area contributed by atoms with Crippen molar-refractivity contribution in [3.8, 4) is 5.69 Å². The molecule has 1 amide bonds. The van der Waals surface area contributed by atoms with Gasteiger partial charge in [-0.25, -0.2) is 13.5 Å². The van der Waals surface area contributed by atoms with Crippen LogP contribution in [0.4, 0.5) is 8.78 Å². The van der Waals surface area contributed by atoms with Gasteiger partial charge in [-0.2, -0.15) is 5.10 Å². The van der Waals surface area contributed by atoms with Gasteiger partial charge in [0.15, 0.2) is 11.5 Å². The number of nitrogens with one attached hydrogen (secondary N) is 1. The number of hydrogen-bond donors (Lipinski definition) is 1. The molecule has 2 aliphatic carbocycles. The summed E-state index contributed by atoms with van der Waals surface area (Å²) in [5.74, 6) is -0.822. The molecular formula is C20H16F2N4O. The van der Waals surface area contributed by atoms with Gasteiger partial charge in [-0.1, -0.05) is 6.07 Å². The van der Waals surface area contributed by atoms with E-state index in [0.717, 1.165) is 35.7 Å². The number of hydrogen-bond acceptors (Lipinski definition) is 3. The molecule has 2 atom stereocenters. The number of halogens is 2. The van der Waals surface area contributed by atoms with Crippen LogP contribution < -0.4 is 5.32 Å². The van der Waals surface area contributed by atoms with Gasteiger partial charge in [0.05, 0.1) is 5.69 Å². The SMILES string of the molecule is O=C(NCc1cccnc1)c1nn(-c2ccc(F)cc2F)c2c1C[C@H]1C[C@@H]21. The molecular weight excluding hydrogens is 350 g/mol. The highest BCUT2D eigenvalue weighted by Gasteiger charge is 2.50. The molecule has 5 rings (SSSR count). The number of carbonyl (C=O) groups excluding carboxylic acids is 1. The Bertz CT molecular complexity index is 1050. The van der Waals surface area contributed by atoms with Gasteiger partial charge in [-0.15, -0.1) is 0 Å². The maximum absolute atomic E-state index is 14.3. The van der Waals surface area contributed by atoms with E-state index in [0.29, 0.717) is 24.1 Å². The number of amides is 1. The highest BCUT2D eigenvalue weighted by atomic mass is 19.1. The molecule has 0 radical (unpaired) electrons. The van der Waals surface area contributed by atoms with Gasteiger partial charge in [0.2, 0.25) is 0 Å². The van der Waals surface area contributed by atoms with Gasteiger partial charge in [0.1, 0.15) is 11.5 Å². The van der Waals surface area contributed by atoms with Crippen LogP contribution in [-0.2, 0) is 13.0 Å². The highest BCUT2D eigenvalue weighted by molar-refractivity contribution is 5.94. The fourth-order valence-corrected chi connectivity index (χ4v) is 3.90. The summed E-state index contributed by atoms with van der Waals surface area (Å²) in [7, 11) is 0.